The van der Waals surface area contributed by atoms with E-state index < -0.39 is 0 Å². The maximum absolute atomic E-state index is 13.7. The molecule has 1 atom stereocenters. The van der Waals surface area contributed by atoms with Crippen molar-refractivity contribution in [1.82, 2.24) is 10.3 Å². The minimum atomic E-state index is -0.158. The van der Waals surface area contributed by atoms with Gasteiger partial charge in [-0.25, -0.2) is 9.82 Å². The van der Waals surface area contributed by atoms with Crippen LogP contribution in [0, 0.1) is 5.82 Å². The van der Waals surface area contributed by atoms with Gasteiger partial charge in [-0.2, -0.15) is 0 Å². The summed E-state index contributed by atoms with van der Waals surface area (Å²) >= 11 is 0. The molecular weight excluding hydrogens is 301 g/mol. The highest BCUT2D eigenvalue weighted by atomic mass is 19.1. The number of para-hydroxylation sites is 1. The highest BCUT2D eigenvalue weighted by molar-refractivity contribution is 5.41. The van der Waals surface area contributed by atoms with Crippen molar-refractivity contribution in [1.29, 1.82) is 0 Å². The van der Waals surface area contributed by atoms with Crippen molar-refractivity contribution in [2.45, 2.75) is 45.3 Å². The summed E-state index contributed by atoms with van der Waals surface area (Å²) in [6.07, 6.45) is 3.78. The van der Waals surface area contributed by atoms with E-state index in [1.165, 1.54) is 19.3 Å². The Kier molecular flexibility index (Phi) is 5.83. The molecule has 24 heavy (non-hydrogen) atoms. The van der Waals surface area contributed by atoms with Gasteiger partial charge in [0.1, 0.15) is 5.82 Å². The summed E-state index contributed by atoms with van der Waals surface area (Å²) in [6.45, 7) is 4.86. The summed E-state index contributed by atoms with van der Waals surface area (Å²) in [4.78, 5) is 2.46. The number of benzene rings is 2. The molecule has 1 aliphatic heterocycles. The van der Waals surface area contributed by atoms with Crippen LogP contribution < -0.4 is 10.9 Å². The number of nitrogens with zero attached hydrogens (tertiary/aromatic N) is 1. The third-order valence-corrected chi connectivity index (χ3v) is 4.77. The van der Waals surface area contributed by atoms with Crippen LogP contribution in [-0.4, -0.2) is 17.5 Å². The van der Waals surface area contributed by atoms with Gasteiger partial charge in [-0.15, -0.1) is 0 Å². The standard InChI is InChI=1S/C20H26FN3/c1-16-7-5-6-12-24(16)15-18-13-19(21)11-10-17(18)14-22-23-20-8-3-2-4-9-20/h2-4,8-11,13,16,22-23H,5-7,12,14-15H2,1H3. The number of nitrogens with one attached hydrogen (secondary N) is 2. The van der Waals surface area contributed by atoms with Gasteiger partial charge in [0.05, 0.1) is 0 Å². The predicted octanol–water partition coefficient (Wildman–Crippen LogP) is 4.32. The van der Waals surface area contributed by atoms with Gasteiger partial charge < -0.3 is 5.43 Å². The van der Waals surface area contributed by atoms with Crippen molar-refractivity contribution < 1.29 is 4.39 Å². The number of anilines is 1. The van der Waals surface area contributed by atoms with Crippen molar-refractivity contribution in [2.75, 3.05) is 12.0 Å². The second-order valence-electron chi connectivity index (χ2n) is 6.57. The number of likely N-dealkylation sites (tertiary alicyclic amines) is 1. The Morgan fingerprint density at radius 2 is 1.92 bits per heavy atom. The minimum absolute atomic E-state index is 0.158. The zero-order chi connectivity index (χ0) is 16.8. The predicted molar refractivity (Wildman–Crippen MR) is 97.0 cm³/mol. The normalized spacial score (nSPS) is 18.5. The van der Waals surface area contributed by atoms with E-state index in [4.69, 9.17) is 0 Å². The van der Waals surface area contributed by atoms with Crippen molar-refractivity contribution in [3.8, 4) is 0 Å². The number of rotatable bonds is 6. The Labute approximate surface area is 143 Å². The molecule has 0 radical (unpaired) electrons. The Balaban J connectivity index is 1.64. The van der Waals surface area contributed by atoms with Crippen LogP contribution in [-0.2, 0) is 13.1 Å². The van der Waals surface area contributed by atoms with Crippen molar-refractivity contribution in [3.63, 3.8) is 0 Å². The lowest BCUT2D eigenvalue weighted by Crippen LogP contribution is -2.37. The maximum atomic E-state index is 13.7. The molecule has 0 aliphatic carbocycles. The summed E-state index contributed by atoms with van der Waals surface area (Å²) in [7, 11) is 0. The molecule has 2 N–H and O–H groups in total. The summed E-state index contributed by atoms with van der Waals surface area (Å²) in [5.74, 6) is -0.158. The minimum Gasteiger partial charge on any atom is -0.321 e. The number of hydrogen-bond acceptors (Lipinski definition) is 3. The van der Waals surface area contributed by atoms with Gasteiger partial charge in [-0.05, 0) is 61.7 Å². The summed E-state index contributed by atoms with van der Waals surface area (Å²) in [6, 6.07) is 15.7. The van der Waals surface area contributed by atoms with E-state index in [-0.39, 0.29) is 5.82 Å². The zero-order valence-corrected chi connectivity index (χ0v) is 14.3. The molecule has 0 saturated carbocycles. The van der Waals surface area contributed by atoms with E-state index in [1.54, 1.807) is 12.1 Å². The fourth-order valence-electron chi connectivity index (χ4n) is 3.29. The van der Waals surface area contributed by atoms with Gasteiger partial charge in [0, 0.05) is 24.8 Å². The number of hydrazine groups is 1. The molecule has 1 heterocycles. The lowest BCUT2D eigenvalue weighted by Gasteiger charge is -2.33. The molecule has 1 fully saturated rings. The van der Waals surface area contributed by atoms with Crippen LogP contribution in [0.25, 0.3) is 0 Å². The van der Waals surface area contributed by atoms with Crippen LogP contribution >= 0.6 is 0 Å². The van der Waals surface area contributed by atoms with E-state index in [9.17, 15) is 4.39 Å². The monoisotopic (exact) mass is 327 g/mol. The molecule has 0 amide bonds. The molecule has 2 aromatic carbocycles. The molecule has 1 aliphatic rings. The van der Waals surface area contributed by atoms with Crippen LogP contribution in [0.2, 0.25) is 0 Å². The molecule has 1 unspecified atom stereocenters. The number of piperidine rings is 1. The van der Waals surface area contributed by atoms with Gasteiger partial charge in [0.15, 0.2) is 0 Å². The molecular formula is C20H26FN3. The van der Waals surface area contributed by atoms with Crippen LogP contribution in [0.4, 0.5) is 10.1 Å². The summed E-state index contributed by atoms with van der Waals surface area (Å²) in [5, 5.41) is 0. The maximum Gasteiger partial charge on any atom is 0.123 e. The zero-order valence-electron chi connectivity index (χ0n) is 14.3. The molecule has 3 nitrogen and oxygen atoms in total. The number of halogens is 1. The molecule has 0 bridgehead atoms. The van der Waals surface area contributed by atoms with E-state index >= 15 is 0 Å². The highest BCUT2D eigenvalue weighted by Gasteiger charge is 2.19. The van der Waals surface area contributed by atoms with Gasteiger partial charge in [-0.1, -0.05) is 30.7 Å². The van der Waals surface area contributed by atoms with Gasteiger partial charge in [0.2, 0.25) is 0 Å². The molecule has 0 spiro atoms. The first-order chi connectivity index (χ1) is 11.7. The van der Waals surface area contributed by atoms with Crippen molar-refractivity contribution in [3.05, 3.63) is 65.5 Å². The first kappa shape index (κ1) is 16.9. The van der Waals surface area contributed by atoms with E-state index in [0.717, 1.165) is 29.9 Å². The Morgan fingerprint density at radius 1 is 1.08 bits per heavy atom. The molecule has 3 rings (SSSR count). The number of hydrogen-bond donors (Lipinski definition) is 2. The third kappa shape index (κ3) is 4.56. The van der Waals surface area contributed by atoms with Gasteiger partial charge in [0.25, 0.3) is 0 Å². The molecule has 0 aromatic heterocycles. The highest BCUT2D eigenvalue weighted by Crippen LogP contribution is 2.21. The van der Waals surface area contributed by atoms with Crippen molar-refractivity contribution >= 4 is 5.69 Å². The second kappa shape index (κ2) is 8.27. The lowest BCUT2D eigenvalue weighted by atomic mass is 10.0. The summed E-state index contributed by atoms with van der Waals surface area (Å²) < 4.78 is 13.7. The smallest absolute Gasteiger partial charge is 0.123 e. The van der Waals surface area contributed by atoms with E-state index in [2.05, 4.69) is 22.7 Å². The SMILES string of the molecule is CC1CCCCN1Cc1cc(F)ccc1CNNc1ccccc1. The third-order valence-electron chi connectivity index (χ3n) is 4.77. The van der Waals surface area contributed by atoms with Crippen LogP contribution in [0.3, 0.4) is 0 Å². The first-order valence-corrected chi connectivity index (χ1v) is 8.77. The van der Waals surface area contributed by atoms with Gasteiger partial charge in [-0.3, -0.25) is 4.90 Å². The first-order valence-electron chi connectivity index (χ1n) is 8.77. The van der Waals surface area contributed by atoms with Crippen LogP contribution in [0.5, 0.6) is 0 Å². The Bertz CT molecular complexity index is 645. The van der Waals surface area contributed by atoms with E-state index in [0.29, 0.717) is 12.6 Å². The molecule has 128 valence electrons. The molecule has 4 heteroatoms. The largest absolute Gasteiger partial charge is 0.321 e. The molecule has 2 aromatic rings. The average molecular weight is 327 g/mol. The summed E-state index contributed by atoms with van der Waals surface area (Å²) in [5.41, 5.74) is 9.66. The van der Waals surface area contributed by atoms with E-state index in [1.807, 2.05) is 36.4 Å². The Hall–Kier alpha value is -1.91. The van der Waals surface area contributed by atoms with Crippen molar-refractivity contribution in [2.24, 2.45) is 0 Å². The van der Waals surface area contributed by atoms with Crippen LogP contribution in [0.15, 0.2) is 48.5 Å². The lowest BCUT2D eigenvalue weighted by molar-refractivity contribution is 0.152. The topological polar surface area (TPSA) is 27.3 Å². The fraction of sp³-hybridized carbons (Fsp3) is 0.400. The quantitative estimate of drug-likeness (QED) is 0.774. The fourth-order valence-corrected chi connectivity index (χ4v) is 3.29. The average Bonchev–Trinajstić information content (AvgIpc) is 2.60. The van der Waals surface area contributed by atoms with Gasteiger partial charge >= 0.3 is 0 Å². The van der Waals surface area contributed by atoms with Crippen LogP contribution in [0.1, 0.15) is 37.3 Å². The Morgan fingerprint density at radius 3 is 2.71 bits per heavy atom. The second-order valence-corrected chi connectivity index (χ2v) is 6.57. The molecule has 1 saturated heterocycles.